The van der Waals surface area contributed by atoms with E-state index in [1.165, 1.54) is 6.92 Å². The zero-order chi connectivity index (χ0) is 17.3. The number of hydrogen-bond donors (Lipinski definition) is 0. The van der Waals surface area contributed by atoms with Gasteiger partial charge in [0, 0.05) is 0 Å². The molecule has 1 unspecified atom stereocenters. The molecule has 0 rings (SSSR count). The molecule has 0 aromatic carbocycles. The molecule has 0 saturated carbocycles. The van der Waals surface area contributed by atoms with E-state index in [-0.39, 0.29) is 19.1 Å². The molecule has 0 saturated heterocycles. The second-order valence-corrected chi connectivity index (χ2v) is 4.86. The first-order valence-corrected chi connectivity index (χ1v) is 6.59. The maximum absolute atomic E-state index is 11.2. The van der Waals surface area contributed by atoms with Crippen LogP contribution in [0.5, 0.6) is 0 Å². The summed E-state index contributed by atoms with van der Waals surface area (Å²) >= 11 is 0. The third-order valence-electron chi connectivity index (χ3n) is 2.61. The Bertz CT molecular complexity index is 388. The Hall–Kier alpha value is -2.33. The third-order valence-corrected chi connectivity index (χ3v) is 2.61. The summed E-state index contributed by atoms with van der Waals surface area (Å²) < 4.78 is 9.52. The van der Waals surface area contributed by atoms with Gasteiger partial charge in [-0.2, -0.15) is 0 Å². The highest BCUT2D eigenvalue weighted by Crippen LogP contribution is 2.18. The zero-order valence-electron chi connectivity index (χ0n) is 12.8. The molecule has 0 bridgehead atoms. The highest BCUT2D eigenvalue weighted by atomic mass is 17.0. The van der Waals surface area contributed by atoms with Gasteiger partial charge in [0.05, 0.1) is 12.7 Å². The number of ether oxygens (including phenoxy) is 2. The molecular formula is C11H20N2O9. The molecule has 0 spiro atoms. The molecule has 0 aliphatic heterocycles. The molecular weight excluding hydrogens is 304 g/mol. The number of nitrogens with zero attached hydrogens (tertiary/aromatic N) is 2. The van der Waals surface area contributed by atoms with Crippen LogP contribution in [0.2, 0.25) is 0 Å². The second-order valence-electron chi connectivity index (χ2n) is 4.86. The first kappa shape index (κ1) is 19.7. The van der Waals surface area contributed by atoms with E-state index in [4.69, 9.17) is 9.47 Å². The summed E-state index contributed by atoms with van der Waals surface area (Å²) in [5.74, 6) is -0.535. The van der Waals surface area contributed by atoms with Crippen LogP contribution in [0.1, 0.15) is 34.1 Å². The van der Waals surface area contributed by atoms with Gasteiger partial charge in [-0.25, -0.2) is 4.79 Å². The summed E-state index contributed by atoms with van der Waals surface area (Å²) in [7, 11) is 0. The summed E-state index contributed by atoms with van der Waals surface area (Å²) in [6.45, 7) is 6.07. The van der Waals surface area contributed by atoms with Gasteiger partial charge in [0.15, 0.2) is 0 Å². The molecule has 22 heavy (non-hydrogen) atoms. The monoisotopic (exact) mass is 324 g/mol. The van der Waals surface area contributed by atoms with Gasteiger partial charge < -0.3 is 19.1 Å². The van der Waals surface area contributed by atoms with Crippen molar-refractivity contribution in [2.45, 2.75) is 52.4 Å². The lowest BCUT2D eigenvalue weighted by atomic mass is 9.97. The average molecular weight is 324 g/mol. The highest BCUT2D eigenvalue weighted by Gasteiger charge is 2.30. The predicted octanol–water partition coefficient (Wildman–Crippen LogP) is 1.75. The lowest BCUT2D eigenvalue weighted by Crippen LogP contribution is -2.38. The predicted molar refractivity (Wildman–Crippen MR) is 70.8 cm³/mol. The molecule has 128 valence electrons. The Labute approximate surface area is 126 Å². The zero-order valence-corrected chi connectivity index (χ0v) is 12.8. The molecule has 11 nitrogen and oxygen atoms in total. The fourth-order valence-electron chi connectivity index (χ4n) is 1.67. The molecule has 0 amide bonds. The molecule has 3 atom stereocenters. The van der Waals surface area contributed by atoms with E-state index in [2.05, 4.69) is 9.68 Å². The van der Waals surface area contributed by atoms with Crippen molar-refractivity contribution in [2.24, 2.45) is 5.92 Å². The Balaban J connectivity index is 4.44. The SMILES string of the molecule is CC(C)OC(=O)OCCC(C)[C@@H](O[N+](=O)[O-])[C@@H](C)O[N+](=O)[O-]. The van der Waals surface area contributed by atoms with Crippen molar-refractivity contribution in [3.8, 4) is 0 Å². The van der Waals surface area contributed by atoms with Gasteiger partial charge in [0.2, 0.25) is 0 Å². The van der Waals surface area contributed by atoms with Crippen molar-refractivity contribution in [3.05, 3.63) is 20.2 Å². The van der Waals surface area contributed by atoms with Gasteiger partial charge in [0.25, 0.3) is 10.2 Å². The summed E-state index contributed by atoms with van der Waals surface area (Å²) in [5, 5.41) is 18.7. The van der Waals surface area contributed by atoms with Gasteiger partial charge in [-0.1, -0.05) is 6.92 Å². The first-order chi connectivity index (χ1) is 10.1. The Morgan fingerprint density at radius 1 is 1.05 bits per heavy atom. The minimum absolute atomic E-state index is 0.0739. The third kappa shape index (κ3) is 8.76. The van der Waals surface area contributed by atoms with Crippen LogP contribution in [0.4, 0.5) is 4.79 Å². The average Bonchev–Trinajstić information content (AvgIpc) is 2.33. The molecule has 0 aromatic heterocycles. The van der Waals surface area contributed by atoms with Crippen molar-refractivity contribution in [3.63, 3.8) is 0 Å². The molecule has 11 heteroatoms. The lowest BCUT2D eigenvalue weighted by molar-refractivity contribution is -0.799. The topological polar surface area (TPSA) is 140 Å². The molecule has 0 N–H and O–H groups in total. The van der Waals surface area contributed by atoms with E-state index in [0.29, 0.717) is 0 Å². The molecule has 0 radical (unpaired) electrons. The fourth-order valence-corrected chi connectivity index (χ4v) is 1.67. The lowest BCUT2D eigenvalue weighted by Gasteiger charge is -2.25. The van der Waals surface area contributed by atoms with Crippen LogP contribution in [0.25, 0.3) is 0 Å². The van der Waals surface area contributed by atoms with Crippen molar-refractivity contribution in [1.29, 1.82) is 0 Å². The maximum Gasteiger partial charge on any atom is 0.508 e. The van der Waals surface area contributed by atoms with Crippen molar-refractivity contribution in [2.75, 3.05) is 6.61 Å². The Morgan fingerprint density at radius 2 is 1.59 bits per heavy atom. The maximum atomic E-state index is 11.2. The second kappa shape index (κ2) is 9.58. The molecule has 0 fully saturated rings. The van der Waals surface area contributed by atoms with E-state index < -0.39 is 34.5 Å². The summed E-state index contributed by atoms with van der Waals surface area (Å²) in [6, 6.07) is 0. The largest absolute Gasteiger partial charge is 0.508 e. The summed E-state index contributed by atoms with van der Waals surface area (Å²) in [5.41, 5.74) is 0. The van der Waals surface area contributed by atoms with Crippen LogP contribution < -0.4 is 0 Å². The highest BCUT2D eigenvalue weighted by molar-refractivity contribution is 5.59. The number of hydrogen-bond acceptors (Lipinski definition) is 9. The standard InChI is InChI=1S/C11H20N2O9/c1-7(2)20-11(14)19-6-5-8(3)10(22-13(17)18)9(4)21-12(15)16/h7-10H,5-6H2,1-4H3/t8?,9-,10-/m1/s1. The van der Waals surface area contributed by atoms with Gasteiger partial charge in [-0.15, -0.1) is 20.2 Å². The molecule has 0 aromatic rings. The molecule has 0 aliphatic rings. The molecule has 0 aliphatic carbocycles. The van der Waals surface area contributed by atoms with Crippen molar-refractivity contribution >= 4 is 6.16 Å². The number of carbonyl (C=O) groups is 1. The minimum atomic E-state index is -1.18. The summed E-state index contributed by atoms with van der Waals surface area (Å²) in [4.78, 5) is 40.6. The van der Waals surface area contributed by atoms with E-state index in [1.807, 2.05) is 0 Å². The Kier molecular flexibility index (Phi) is 8.56. The first-order valence-electron chi connectivity index (χ1n) is 6.59. The van der Waals surface area contributed by atoms with Gasteiger partial charge in [-0.3, -0.25) is 0 Å². The van der Waals surface area contributed by atoms with Gasteiger partial charge >= 0.3 is 6.16 Å². The van der Waals surface area contributed by atoms with Gasteiger partial charge in [-0.05, 0) is 33.1 Å². The number of rotatable bonds is 10. The van der Waals surface area contributed by atoms with E-state index in [9.17, 15) is 25.0 Å². The van der Waals surface area contributed by atoms with E-state index >= 15 is 0 Å². The van der Waals surface area contributed by atoms with Crippen molar-refractivity contribution < 1.29 is 34.1 Å². The summed E-state index contributed by atoms with van der Waals surface area (Å²) in [6.07, 6.45) is -3.34. The molecule has 0 heterocycles. The van der Waals surface area contributed by atoms with Crippen LogP contribution in [0.15, 0.2) is 0 Å². The van der Waals surface area contributed by atoms with E-state index in [1.54, 1.807) is 20.8 Å². The minimum Gasteiger partial charge on any atom is -0.434 e. The van der Waals surface area contributed by atoms with Crippen LogP contribution in [0.3, 0.4) is 0 Å². The van der Waals surface area contributed by atoms with Crippen LogP contribution in [0, 0.1) is 26.1 Å². The van der Waals surface area contributed by atoms with Gasteiger partial charge in [0.1, 0.15) is 12.2 Å². The van der Waals surface area contributed by atoms with Crippen LogP contribution in [-0.4, -0.2) is 41.2 Å². The van der Waals surface area contributed by atoms with Crippen LogP contribution in [-0.2, 0) is 19.1 Å². The number of carbonyl (C=O) groups excluding carboxylic acids is 1. The van der Waals surface area contributed by atoms with E-state index in [0.717, 1.165) is 0 Å². The smallest absolute Gasteiger partial charge is 0.434 e. The fraction of sp³-hybridized carbons (Fsp3) is 0.909. The quantitative estimate of drug-likeness (QED) is 0.333. The Morgan fingerprint density at radius 3 is 2.05 bits per heavy atom. The van der Waals surface area contributed by atoms with Crippen LogP contribution >= 0.6 is 0 Å². The normalized spacial score (nSPS) is 14.6. The van der Waals surface area contributed by atoms with Crippen molar-refractivity contribution in [1.82, 2.24) is 0 Å².